The van der Waals surface area contributed by atoms with Crippen molar-refractivity contribution in [3.05, 3.63) is 0 Å². The van der Waals surface area contributed by atoms with Crippen LogP contribution in [0.4, 0.5) is 0 Å². The van der Waals surface area contributed by atoms with Gasteiger partial charge in [-0.05, 0) is 57.5 Å². The van der Waals surface area contributed by atoms with Crippen molar-refractivity contribution >= 4 is 0 Å². The number of hydrogen-bond acceptors (Lipinski definition) is 2. The van der Waals surface area contributed by atoms with Gasteiger partial charge in [-0.2, -0.15) is 0 Å². The smallest absolute Gasteiger partial charge is 0.0102 e. The highest BCUT2D eigenvalue weighted by Gasteiger charge is 2.30. The quantitative estimate of drug-likeness (QED) is 0.753. The van der Waals surface area contributed by atoms with Gasteiger partial charge in [0, 0.05) is 18.6 Å². The second-order valence-electron chi connectivity index (χ2n) is 7.27. The Morgan fingerprint density at radius 2 is 1.74 bits per heavy atom. The number of rotatable bonds is 7. The van der Waals surface area contributed by atoms with Crippen LogP contribution in [-0.2, 0) is 0 Å². The van der Waals surface area contributed by atoms with Crippen molar-refractivity contribution < 1.29 is 0 Å². The Labute approximate surface area is 121 Å². The molecule has 0 amide bonds. The molecule has 2 nitrogen and oxygen atoms in total. The Morgan fingerprint density at radius 1 is 1.16 bits per heavy atom. The molecule has 0 aromatic carbocycles. The molecule has 1 rings (SSSR count). The first-order valence-corrected chi connectivity index (χ1v) is 8.34. The topological polar surface area (TPSA) is 15.3 Å². The zero-order chi connectivity index (χ0) is 14.5. The van der Waals surface area contributed by atoms with E-state index in [1.165, 1.54) is 38.6 Å². The van der Waals surface area contributed by atoms with Gasteiger partial charge < -0.3 is 10.2 Å². The van der Waals surface area contributed by atoms with Gasteiger partial charge in [0.05, 0.1) is 0 Å². The Kier molecular flexibility index (Phi) is 6.82. The van der Waals surface area contributed by atoms with E-state index in [0.717, 1.165) is 18.5 Å². The molecule has 0 heterocycles. The Bertz CT molecular complexity index is 242. The van der Waals surface area contributed by atoms with Crippen molar-refractivity contribution in [3.63, 3.8) is 0 Å². The minimum absolute atomic E-state index is 0.340. The van der Waals surface area contributed by atoms with Crippen molar-refractivity contribution in [2.75, 3.05) is 20.1 Å². The van der Waals surface area contributed by atoms with E-state index < -0.39 is 0 Å². The highest BCUT2D eigenvalue weighted by atomic mass is 15.1. The van der Waals surface area contributed by atoms with E-state index in [2.05, 4.69) is 51.9 Å². The third-order valence-corrected chi connectivity index (χ3v) is 5.36. The summed E-state index contributed by atoms with van der Waals surface area (Å²) < 4.78 is 0. The van der Waals surface area contributed by atoms with Crippen molar-refractivity contribution in [2.45, 2.75) is 78.8 Å². The van der Waals surface area contributed by atoms with Crippen LogP contribution in [0, 0.1) is 11.3 Å². The first-order valence-electron chi connectivity index (χ1n) is 8.34. The Balaban J connectivity index is 2.43. The predicted molar refractivity (Wildman–Crippen MR) is 85.6 cm³/mol. The van der Waals surface area contributed by atoms with E-state index in [1.54, 1.807) is 0 Å². The molecule has 1 N–H and O–H groups in total. The maximum atomic E-state index is 3.58. The van der Waals surface area contributed by atoms with E-state index in [1.807, 2.05) is 0 Å². The minimum atomic E-state index is 0.340. The molecule has 114 valence electrons. The van der Waals surface area contributed by atoms with Gasteiger partial charge in [0.15, 0.2) is 0 Å². The number of nitrogens with one attached hydrogen (secondary N) is 1. The predicted octanol–water partition coefficient (Wildman–Crippen LogP) is 3.91. The second-order valence-corrected chi connectivity index (χ2v) is 7.27. The SMILES string of the molecule is CCNC(C)C(C)(C)CN(C)C1CCC(CC)CC1. The molecule has 0 radical (unpaired) electrons. The summed E-state index contributed by atoms with van der Waals surface area (Å²) in [6.07, 6.45) is 7.06. The van der Waals surface area contributed by atoms with Gasteiger partial charge in [-0.15, -0.1) is 0 Å². The number of hydrogen-bond donors (Lipinski definition) is 1. The zero-order valence-electron chi connectivity index (χ0n) is 14.1. The van der Waals surface area contributed by atoms with Crippen molar-refractivity contribution in [1.29, 1.82) is 0 Å². The van der Waals surface area contributed by atoms with Crippen molar-refractivity contribution in [1.82, 2.24) is 10.2 Å². The summed E-state index contributed by atoms with van der Waals surface area (Å²) in [7, 11) is 2.33. The molecule has 0 aromatic heterocycles. The summed E-state index contributed by atoms with van der Waals surface area (Å²) in [6.45, 7) is 13.9. The largest absolute Gasteiger partial charge is 0.314 e. The van der Waals surface area contributed by atoms with Crippen LogP contribution in [0.15, 0.2) is 0 Å². The Morgan fingerprint density at radius 3 is 2.21 bits per heavy atom. The van der Waals surface area contributed by atoms with E-state index in [-0.39, 0.29) is 0 Å². The highest BCUT2D eigenvalue weighted by molar-refractivity contribution is 4.86. The lowest BCUT2D eigenvalue weighted by molar-refractivity contribution is 0.0992. The molecule has 1 unspecified atom stereocenters. The van der Waals surface area contributed by atoms with Crippen molar-refractivity contribution in [2.24, 2.45) is 11.3 Å². The van der Waals surface area contributed by atoms with Crippen LogP contribution in [0.1, 0.15) is 66.7 Å². The molecule has 0 aromatic rings. The molecule has 1 saturated carbocycles. The summed E-state index contributed by atoms with van der Waals surface area (Å²) in [5.74, 6) is 0.998. The van der Waals surface area contributed by atoms with Crippen LogP contribution >= 0.6 is 0 Å². The van der Waals surface area contributed by atoms with Crippen LogP contribution in [0.5, 0.6) is 0 Å². The van der Waals surface area contributed by atoms with E-state index in [0.29, 0.717) is 11.5 Å². The van der Waals surface area contributed by atoms with Crippen LogP contribution in [0.2, 0.25) is 0 Å². The molecule has 19 heavy (non-hydrogen) atoms. The van der Waals surface area contributed by atoms with Gasteiger partial charge in [0.2, 0.25) is 0 Å². The van der Waals surface area contributed by atoms with Crippen LogP contribution in [-0.4, -0.2) is 37.1 Å². The normalized spacial score (nSPS) is 26.7. The summed E-state index contributed by atoms with van der Waals surface area (Å²) >= 11 is 0. The molecule has 1 aliphatic rings. The fraction of sp³-hybridized carbons (Fsp3) is 1.00. The van der Waals surface area contributed by atoms with Gasteiger partial charge in [0.1, 0.15) is 0 Å². The van der Waals surface area contributed by atoms with Gasteiger partial charge in [0.25, 0.3) is 0 Å². The molecule has 0 aliphatic heterocycles. The summed E-state index contributed by atoms with van der Waals surface area (Å²) in [5.41, 5.74) is 0.340. The van der Waals surface area contributed by atoms with Crippen LogP contribution < -0.4 is 5.32 Å². The van der Waals surface area contributed by atoms with Crippen LogP contribution in [0.3, 0.4) is 0 Å². The first-order chi connectivity index (χ1) is 8.90. The molecular formula is C17H36N2. The third-order valence-electron chi connectivity index (χ3n) is 5.36. The maximum absolute atomic E-state index is 3.58. The molecule has 0 saturated heterocycles. The maximum Gasteiger partial charge on any atom is 0.0102 e. The summed E-state index contributed by atoms with van der Waals surface area (Å²) in [5, 5.41) is 3.58. The van der Waals surface area contributed by atoms with Gasteiger partial charge in [-0.1, -0.05) is 34.1 Å². The van der Waals surface area contributed by atoms with Gasteiger partial charge >= 0.3 is 0 Å². The van der Waals surface area contributed by atoms with E-state index >= 15 is 0 Å². The molecule has 1 atom stereocenters. The summed E-state index contributed by atoms with van der Waals surface area (Å²) in [4.78, 5) is 2.62. The molecule has 0 spiro atoms. The van der Waals surface area contributed by atoms with Crippen molar-refractivity contribution in [3.8, 4) is 0 Å². The standard InChI is InChI=1S/C17H36N2/c1-7-15-9-11-16(12-10-15)19(6)13-17(4,5)14(3)18-8-2/h14-16,18H,7-13H2,1-6H3. The fourth-order valence-electron chi connectivity index (χ4n) is 3.49. The number of nitrogens with zero attached hydrogens (tertiary/aromatic N) is 1. The van der Waals surface area contributed by atoms with Gasteiger partial charge in [-0.3, -0.25) is 0 Å². The third kappa shape index (κ3) is 5.07. The van der Waals surface area contributed by atoms with Gasteiger partial charge in [-0.25, -0.2) is 0 Å². The van der Waals surface area contributed by atoms with Crippen LogP contribution in [0.25, 0.3) is 0 Å². The molecular weight excluding hydrogens is 232 g/mol. The highest BCUT2D eigenvalue weighted by Crippen LogP contribution is 2.31. The second kappa shape index (κ2) is 7.64. The zero-order valence-corrected chi connectivity index (χ0v) is 14.1. The molecule has 1 fully saturated rings. The Hall–Kier alpha value is -0.0800. The average Bonchev–Trinajstić information content (AvgIpc) is 2.38. The molecule has 0 bridgehead atoms. The lowest BCUT2D eigenvalue weighted by Crippen LogP contribution is -2.48. The monoisotopic (exact) mass is 268 g/mol. The lowest BCUT2D eigenvalue weighted by Gasteiger charge is -2.41. The molecule has 2 heteroatoms. The molecule has 1 aliphatic carbocycles. The van der Waals surface area contributed by atoms with E-state index in [9.17, 15) is 0 Å². The fourth-order valence-corrected chi connectivity index (χ4v) is 3.49. The summed E-state index contributed by atoms with van der Waals surface area (Å²) in [6, 6.07) is 1.39. The van der Waals surface area contributed by atoms with E-state index in [4.69, 9.17) is 0 Å². The minimum Gasteiger partial charge on any atom is -0.314 e. The first kappa shape index (κ1) is 17.0. The lowest BCUT2D eigenvalue weighted by atomic mass is 9.81. The average molecular weight is 268 g/mol.